The summed E-state index contributed by atoms with van der Waals surface area (Å²) in [6, 6.07) is 17.4. The molecule has 0 radical (unpaired) electrons. The van der Waals surface area contributed by atoms with Gasteiger partial charge in [-0.15, -0.1) is 36.2 Å². The summed E-state index contributed by atoms with van der Waals surface area (Å²) in [4.78, 5) is 0. The average Bonchev–Trinajstić information content (AvgIpc) is 2.90. The van der Waals surface area contributed by atoms with Gasteiger partial charge in [0.1, 0.15) is 0 Å². The fraction of sp³-hybridized carbons (Fsp3) is 0.0667. The normalized spacial score (nSPS) is 10.4. The maximum absolute atomic E-state index is 3.14. The molecule has 0 fully saturated rings. The number of hydrogen-bond donors (Lipinski definition) is 0. The van der Waals surface area contributed by atoms with E-state index in [1.54, 1.807) is 0 Å². The summed E-state index contributed by atoms with van der Waals surface area (Å²) >= 11 is 0. The number of halogens is 2. The number of hydrogen-bond acceptors (Lipinski definition) is 0. The van der Waals surface area contributed by atoms with Crippen LogP contribution in [0.3, 0.4) is 0 Å². The molecule has 0 aromatic heterocycles. The second-order valence-electron chi connectivity index (χ2n) is 3.26. The van der Waals surface area contributed by atoms with Gasteiger partial charge < -0.3 is 24.8 Å². The minimum atomic E-state index is 0. The van der Waals surface area contributed by atoms with Crippen LogP contribution >= 0.6 is 0 Å². The van der Waals surface area contributed by atoms with E-state index in [1.807, 2.05) is 36.4 Å². The summed E-state index contributed by atoms with van der Waals surface area (Å²) in [5, 5.41) is 0. The molecule has 3 aliphatic rings. The van der Waals surface area contributed by atoms with Crippen molar-refractivity contribution in [1.82, 2.24) is 0 Å². The minimum absolute atomic E-state index is 0. The van der Waals surface area contributed by atoms with E-state index in [1.165, 1.54) is 11.1 Å². The second-order valence-corrected chi connectivity index (χ2v) is 3.26. The van der Waals surface area contributed by atoms with Crippen LogP contribution in [0, 0.1) is 12.1 Å². The Morgan fingerprint density at radius 3 is 2.33 bits per heavy atom. The smallest absolute Gasteiger partial charge is 1.00 e. The Bertz CT molecular complexity index is 414. The molecule has 0 unspecified atom stereocenters. The summed E-state index contributed by atoms with van der Waals surface area (Å²) in [6.07, 6.45) is 10.0. The zero-order valence-corrected chi connectivity index (χ0v) is 14.8. The van der Waals surface area contributed by atoms with Crippen LogP contribution < -0.4 is 24.8 Å². The maximum Gasteiger partial charge on any atom is 4.00 e. The summed E-state index contributed by atoms with van der Waals surface area (Å²) in [7, 11) is 0. The van der Waals surface area contributed by atoms with Crippen LogP contribution in [0.2, 0.25) is 0 Å². The van der Waals surface area contributed by atoms with Gasteiger partial charge in [0.25, 0.3) is 0 Å². The van der Waals surface area contributed by atoms with Crippen LogP contribution in [0.5, 0.6) is 0 Å². The van der Waals surface area contributed by atoms with Crippen molar-refractivity contribution in [3.63, 3.8) is 0 Å². The molecule has 0 nitrogen and oxygen atoms in total. The van der Waals surface area contributed by atoms with Gasteiger partial charge in [-0.05, 0) is 0 Å². The van der Waals surface area contributed by atoms with Gasteiger partial charge in [-0.3, -0.25) is 6.08 Å². The van der Waals surface area contributed by atoms with Crippen LogP contribution in [0.4, 0.5) is 0 Å². The van der Waals surface area contributed by atoms with Crippen LogP contribution in [0.25, 0.3) is 11.1 Å². The van der Waals surface area contributed by atoms with Crippen LogP contribution in [0.1, 0.15) is 6.42 Å². The van der Waals surface area contributed by atoms with Gasteiger partial charge in [-0.1, -0.05) is 12.1 Å². The topological polar surface area (TPSA) is 0 Å². The first-order valence-electron chi connectivity index (χ1n) is 5.04. The average molecular weight is 442 g/mol. The fourth-order valence-corrected chi connectivity index (χ4v) is 1.40. The summed E-state index contributed by atoms with van der Waals surface area (Å²) in [6.45, 7) is 0. The molecule has 0 aliphatic heterocycles. The molecule has 0 atom stereocenters. The van der Waals surface area contributed by atoms with E-state index in [2.05, 4.69) is 36.4 Å². The molecule has 3 heteroatoms. The standard InChI is InChI=1S/C10H7.C5H5.2ClH.Hf/c1-2-5-9-7-4-8-10(9)6-3-1;1-2-4-5-3-1;;;/h1-7H;1-3H,4H2;2*1H;/q2*-1;;;+4/p-2. The van der Waals surface area contributed by atoms with Gasteiger partial charge in [0, 0.05) is 0 Å². The van der Waals surface area contributed by atoms with Gasteiger partial charge in [-0.25, -0.2) is 12.2 Å². The quantitative estimate of drug-likeness (QED) is 0.325. The monoisotopic (exact) mass is 442 g/mol. The molecular formula is C15H12Cl2Hf. The van der Waals surface area contributed by atoms with Gasteiger partial charge in [-0.2, -0.15) is 23.8 Å². The van der Waals surface area contributed by atoms with E-state index in [9.17, 15) is 0 Å². The third-order valence-corrected chi connectivity index (χ3v) is 2.16. The fourth-order valence-electron chi connectivity index (χ4n) is 1.40. The van der Waals surface area contributed by atoms with Gasteiger partial charge in [0.2, 0.25) is 0 Å². The SMILES string of the molecule is [C-]1=CC=CC1.[Cl-].[Cl-].[Hf+4].[c-]1ccc2cccccc1-2. The van der Waals surface area contributed by atoms with Crippen LogP contribution in [0.15, 0.2) is 60.7 Å². The van der Waals surface area contributed by atoms with E-state index >= 15 is 0 Å². The zero-order chi connectivity index (χ0) is 10.3. The van der Waals surface area contributed by atoms with E-state index < -0.39 is 0 Å². The Morgan fingerprint density at radius 1 is 0.944 bits per heavy atom. The molecule has 0 saturated heterocycles. The molecule has 0 heterocycles. The predicted molar refractivity (Wildman–Crippen MR) is 63.5 cm³/mol. The number of allylic oxidation sites excluding steroid dienone is 4. The third-order valence-electron chi connectivity index (χ3n) is 2.16. The Hall–Kier alpha value is -0.370. The molecule has 0 amide bonds. The Morgan fingerprint density at radius 2 is 1.72 bits per heavy atom. The summed E-state index contributed by atoms with van der Waals surface area (Å²) in [5.41, 5.74) is 2.44. The molecule has 3 rings (SSSR count). The van der Waals surface area contributed by atoms with Crippen molar-refractivity contribution in [2.75, 3.05) is 0 Å². The molecule has 90 valence electrons. The molecule has 3 aliphatic carbocycles. The van der Waals surface area contributed by atoms with Crippen LogP contribution in [-0.2, 0) is 25.8 Å². The Kier molecular flexibility index (Phi) is 13.0. The second kappa shape index (κ2) is 11.7. The van der Waals surface area contributed by atoms with E-state index in [0.29, 0.717) is 0 Å². The first-order valence-corrected chi connectivity index (χ1v) is 5.04. The maximum atomic E-state index is 3.14. The van der Waals surface area contributed by atoms with Crippen molar-refractivity contribution in [2.45, 2.75) is 6.42 Å². The molecule has 0 aromatic rings. The largest absolute Gasteiger partial charge is 4.00 e. The van der Waals surface area contributed by atoms with E-state index in [0.717, 1.165) is 6.42 Å². The Balaban J connectivity index is 0. The number of fused-ring (bicyclic) bond motifs is 1. The summed E-state index contributed by atoms with van der Waals surface area (Å²) in [5.74, 6) is 0. The van der Waals surface area contributed by atoms with E-state index in [4.69, 9.17) is 0 Å². The van der Waals surface area contributed by atoms with Gasteiger partial charge in [0.05, 0.1) is 0 Å². The predicted octanol–water partition coefficient (Wildman–Crippen LogP) is -2.10. The third kappa shape index (κ3) is 6.53. The molecule has 0 saturated carbocycles. The zero-order valence-electron chi connectivity index (χ0n) is 9.74. The van der Waals surface area contributed by atoms with Crippen molar-refractivity contribution < 1.29 is 50.7 Å². The first kappa shape index (κ1) is 20.0. The first-order chi connectivity index (χ1) is 7.47. The number of rotatable bonds is 0. The van der Waals surface area contributed by atoms with Crippen molar-refractivity contribution in [3.8, 4) is 11.1 Å². The van der Waals surface area contributed by atoms with Crippen molar-refractivity contribution in [3.05, 3.63) is 72.8 Å². The van der Waals surface area contributed by atoms with Crippen molar-refractivity contribution >= 4 is 0 Å². The van der Waals surface area contributed by atoms with Crippen molar-refractivity contribution in [1.29, 1.82) is 0 Å². The minimum Gasteiger partial charge on any atom is -1.00 e. The van der Waals surface area contributed by atoms with Crippen LogP contribution in [-0.4, -0.2) is 0 Å². The molecule has 0 N–H and O–H groups in total. The molecule has 0 aromatic carbocycles. The molecular weight excluding hydrogens is 430 g/mol. The Labute approximate surface area is 140 Å². The van der Waals surface area contributed by atoms with Gasteiger partial charge >= 0.3 is 25.8 Å². The molecule has 0 spiro atoms. The van der Waals surface area contributed by atoms with Gasteiger partial charge in [0.15, 0.2) is 0 Å². The summed E-state index contributed by atoms with van der Waals surface area (Å²) < 4.78 is 0. The van der Waals surface area contributed by atoms with Crippen molar-refractivity contribution in [2.24, 2.45) is 0 Å². The molecule has 18 heavy (non-hydrogen) atoms. The molecule has 0 bridgehead atoms. The van der Waals surface area contributed by atoms with E-state index in [-0.39, 0.29) is 50.7 Å².